The zero-order valence-electron chi connectivity index (χ0n) is 26.6. The van der Waals surface area contributed by atoms with Gasteiger partial charge in [-0.1, -0.05) is 121 Å². The fourth-order valence-electron chi connectivity index (χ4n) is 7.51. The van der Waals surface area contributed by atoms with Crippen molar-refractivity contribution in [1.82, 2.24) is 4.98 Å². The molecule has 10 rings (SSSR count). The van der Waals surface area contributed by atoms with Gasteiger partial charge in [0.25, 0.3) is 0 Å². The number of benzene rings is 8. The molecule has 0 fully saturated rings. The minimum absolute atomic E-state index is 1.09. The molecule has 0 bridgehead atoms. The molecule has 0 aliphatic carbocycles. The lowest BCUT2D eigenvalue weighted by molar-refractivity contribution is 1.45. The maximum absolute atomic E-state index is 4.58. The highest BCUT2D eigenvalue weighted by Gasteiger charge is 2.12. The largest absolute Gasteiger partial charge is 0.245 e. The molecular formula is C47H29NS. The smallest absolute Gasteiger partial charge is 0.124 e. The first-order valence-corrected chi connectivity index (χ1v) is 17.5. The van der Waals surface area contributed by atoms with Gasteiger partial charge in [0.15, 0.2) is 0 Å². The predicted octanol–water partition coefficient (Wildman–Crippen LogP) is 13.6. The second-order valence-corrected chi connectivity index (χ2v) is 13.8. The summed E-state index contributed by atoms with van der Waals surface area (Å²) in [5.74, 6) is 0. The number of hydrogen-bond donors (Lipinski definition) is 0. The third-order valence-corrected chi connectivity index (χ3v) is 11.0. The molecule has 0 unspecified atom stereocenters. The van der Waals surface area contributed by atoms with Crippen LogP contribution in [0.4, 0.5) is 0 Å². The van der Waals surface area contributed by atoms with Crippen molar-refractivity contribution in [1.29, 1.82) is 0 Å². The molecule has 49 heavy (non-hydrogen) atoms. The van der Waals surface area contributed by atoms with Crippen molar-refractivity contribution in [3.63, 3.8) is 0 Å². The minimum Gasteiger partial charge on any atom is -0.245 e. The quantitative estimate of drug-likeness (QED) is 0.175. The van der Waals surface area contributed by atoms with Gasteiger partial charge in [-0.25, -0.2) is 4.98 Å². The summed E-state index contributed by atoms with van der Waals surface area (Å²) in [6.45, 7) is 0. The second-order valence-electron chi connectivity index (χ2n) is 12.8. The van der Waals surface area contributed by atoms with Crippen LogP contribution in [0.1, 0.15) is 0 Å². The zero-order valence-corrected chi connectivity index (χ0v) is 27.4. The maximum atomic E-state index is 4.58. The van der Waals surface area contributed by atoms with Crippen LogP contribution in [-0.2, 0) is 0 Å². The molecule has 10 aromatic rings. The van der Waals surface area contributed by atoms with Crippen LogP contribution in [-0.4, -0.2) is 4.98 Å². The van der Waals surface area contributed by atoms with Crippen molar-refractivity contribution < 1.29 is 0 Å². The maximum Gasteiger partial charge on any atom is 0.124 e. The number of pyridine rings is 1. The van der Waals surface area contributed by atoms with Crippen molar-refractivity contribution >= 4 is 64.0 Å². The average Bonchev–Trinajstić information content (AvgIpc) is 3.56. The lowest BCUT2D eigenvalue weighted by Crippen LogP contribution is -1.86. The Kier molecular flexibility index (Phi) is 6.43. The summed E-state index contributed by atoms with van der Waals surface area (Å²) in [6, 6.07) is 62.3. The molecule has 0 N–H and O–H groups in total. The summed E-state index contributed by atoms with van der Waals surface area (Å²) in [5, 5.41) is 10.3. The number of fused-ring (bicyclic) bond motifs is 9. The van der Waals surface area contributed by atoms with Crippen LogP contribution < -0.4 is 0 Å². The van der Waals surface area contributed by atoms with Crippen LogP contribution in [0.15, 0.2) is 176 Å². The van der Waals surface area contributed by atoms with Crippen LogP contribution in [0.2, 0.25) is 0 Å². The molecule has 2 heteroatoms. The van der Waals surface area contributed by atoms with Gasteiger partial charge in [-0.2, -0.15) is 0 Å². The summed E-state index contributed by atoms with van der Waals surface area (Å²) < 4.78 is 1.27. The van der Waals surface area contributed by atoms with Crippen LogP contribution in [0, 0.1) is 0 Å². The van der Waals surface area contributed by atoms with Gasteiger partial charge in [0.05, 0.1) is 0 Å². The number of nitrogens with zero attached hydrogens (tertiary/aromatic N) is 1. The van der Waals surface area contributed by atoms with Gasteiger partial charge < -0.3 is 0 Å². The van der Waals surface area contributed by atoms with Crippen molar-refractivity contribution in [2.24, 2.45) is 0 Å². The molecule has 0 radical (unpaired) electrons. The topological polar surface area (TPSA) is 12.9 Å². The highest BCUT2D eigenvalue weighted by molar-refractivity contribution is 7.25. The first-order valence-electron chi connectivity index (χ1n) is 16.7. The Morgan fingerprint density at radius 1 is 0.286 bits per heavy atom. The summed E-state index contributed by atoms with van der Waals surface area (Å²) in [7, 11) is 0. The van der Waals surface area contributed by atoms with Gasteiger partial charge in [0.1, 0.15) is 4.83 Å². The number of rotatable bonds is 4. The van der Waals surface area contributed by atoms with E-state index in [0.29, 0.717) is 0 Å². The van der Waals surface area contributed by atoms with Crippen molar-refractivity contribution in [3.05, 3.63) is 176 Å². The van der Waals surface area contributed by atoms with E-state index in [1.54, 1.807) is 11.3 Å². The molecule has 0 amide bonds. The third-order valence-electron chi connectivity index (χ3n) is 9.91. The van der Waals surface area contributed by atoms with E-state index in [4.69, 9.17) is 0 Å². The van der Waals surface area contributed by atoms with Crippen molar-refractivity contribution in [3.8, 4) is 44.5 Å². The SMILES string of the molecule is c1cc(-c2cccc(-c3ccc4sc5ncccc5c4c3)c2)cc(-c2cccc(-c3ccc4c5ccccc5c5ccccc5c4c3)c2)c1. The summed E-state index contributed by atoms with van der Waals surface area (Å²) in [6.07, 6.45) is 1.87. The lowest BCUT2D eigenvalue weighted by Gasteiger charge is -2.13. The fourth-order valence-corrected chi connectivity index (χ4v) is 8.54. The zero-order chi connectivity index (χ0) is 32.3. The molecule has 2 heterocycles. The van der Waals surface area contributed by atoms with E-state index in [-0.39, 0.29) is 0 Å². The van der Waals surface area contributed by atoms with Gasteiger partial charge >= 0.3 is 0 Å². The molecule has 8 aromatic carbocycles. The van der Waals surface area contributed by atoms with E-state index in [9.17, 15) is 0 Å². The van der Waals surface area contributed by atoms with Crippen molar-refractivity contribution in [2.45, 2.75) is 0 Å². The Hall–Kier alpha value is -6.09. The van der Waals surface area contributed by atoms with Crippen molar-refractivity contribution in [2.75, 3.05) is 0 Å². The van der Waals surface area contributed by atoms with Gasteiger partial charge in [0, 0.05) is 21.7 Å². The first-order chi connectivity index (χ1) is 24.3. The van der Waals surface area contributed by atoms with E-state index in [1.807, 2.05) is 12.3 Å². The Balaban J connectivity index is 1.02. The number of aromatic nitrogens is 1. The molecule has 0 atom stereocenters. The van der Waals surface area contributed by atoms with E-state index < -0.39 is 0 Å². The van der Waals surface area contributed by atoms with E-state index in [0.717, 1.165) is 4.83 Å². The van der Waals surface area contributed by atoms with Crippen LogP contribution in [0.25, 0.3) is 97.1 Å². The normalized spacial score (nSPS) is 11.7. The van der Waals surface area contributed by atoms with Gasteiger partial charge in [0.2, 0.25) is 0 Å². The highest BCUT2D eigenvalue weighted by atomic mass is 32.1. The number of thiophene rings is 1. The van der Waals surface area contributed by atoms with Crippen LogP contribution in [0.5, 0.6) is 0 Å². The van der Waals surface area contributed by atoms with Crippen LogP contribution in [0.3, 0.4) is 0 Å². The Bertz CT molecular complexity index is 2860. The molecular weight excluding hydrogens is 611 g/mol. The molecule has 0 saturated carbocycles. The summed E-state index contributed by atoms with van der Waals surface area (Å²) >= 11 is 1.75. The second kappa shape index (κ2) is 11.3. The standard InChI is InChI=1S/C47H29NS/c1-2-17-40-38(15-1)39-16-3-4-18-41(39)44-28-36(20-22-42(40)44)34-13-6-11-32(26-34)30-9-5-10-31(25-30)33-12-7-14-35(27-33)37-21-23-46-45(29-37)43-19-8-24-48-47(43)49-46/h1-29H. The van der Waals surface area contributed by atoms with E-state index >= 15 is 0 Å². The molecule has 228 valence electrons. The molecule has 0 saturated heterocycles. The lowest BCUT2D eigenvalue weighted by atomic mass is 9.91. The average molecular weight is 640 g/mol. The number of hydrogen-bond acceptors (Lipinski definition) is 2. The molecule has 0 aliphatic heterocycles. The van der Waals surface area contributed by atoms with Crippen LogP contribution >= 0.6 is 11.3 Å². The van der Waals surface area contributed by atoms with E-state index in [2.05, 4.69) is 169 Å². The van der Waals surface area contributed by atoms with Gasteiger partial charge in [-0.15, -0.1) is 11.3 Å². The summed E-state index contributed by atoms with van der Waals surface area (Å²) in [4.78, 5) is 5.67. The Morgan fingerprint density at radius 3 is 1.22 bits per heavy atom. The van der Waals surface area contributed by atoms with Gasteiger partial charge in [-0.05, 0) is 125 Å². The highest BCUT2D eigenvalue weighted by Crippen LogP contribution is 2.39. The first kappa shape index (κ1) is 28.0. The molecule has 2 aromatic heterocycles. The minimum atomic E-state index is 1.09. The molecule has 0 spiro atoms. The Morgan fingerprint density at radius 2 is 0.694 bits per heavy atom. The predicted molar refractivity (Wildman–Crippen MR) is 211 cm³/mol. The van der Waals surface area contributed by atoms with E-state index in [1.165, 1.54) is 92.3 Å². The Labute approximate surface area is 288 Å². The van der Waals surface area contributed by atoms with Gasteiger partial charge in [-0.3, -0.25) is 0 Å². The fraction of sp³-hybridized carbons (Fsp3) is 0. The molecule has 0 aliphatic rings. The molecule has 1 nitrogen and oxygen atoms in total. The summed E-state index contributed by atoms with van der Waals surface area (Å²) in [5.41, 5.74) is 9.72. The monoisotopic (exact) mass is 639 g/mol. The third kappa shape index (κ3) is 4.72.